The van der Waals surface area contributed by atoms with Crippen molar-refractivity contribution in [3.63, 3.8) is 0 Å². The van der Waals surface area contributed by atoms with Crippen LogP contribution in [-0.2, 0) is 13.1 Å². The third kappa shape index (κ3) is 4.86. The van der Waals surface area contributed by atoms with Gasteiger partial charge in [0.25, 0.3) is 5.91 Å². The van der Waals surface area contributed by atoms with Gasteiger partial charge in [-0.3, -0.25) is 9.79 Å². The molecule has 2 aromatic carbocycles. The first kappa shape index (κ1) is 18.5. The molecule has 3 N–H and O–H groups in total. The second-order valence-electron chi connectivity index (χ2n) is 5.78. The maximum Gasteiger partial charge on any atom is 0.251 e. The molecule has 0 atom stereocenters. The molecule has 2 aromatic rings. The van der Waals surface area contributed by atoms with Gasteiger partial charge in [0.15, 0.2) is 5.96 Å². The minimum absolute atomic E-state index is 0.239. The van der Waals surface area contributed by atoms with Gasteiger partial charge in [-0.25, -0.2) is 4.39 Å². The molecule has 1 aliphatic rings. The van der Waals surface area contributed by atoms with Crippen LogP contribution in [0.5, 0.6) is 0 Å². The lowest BCUT2D eigenvalue weighted by Gasteiger charge is -2.10. The van der Waals surface area contributed by atoms with Gasteiger partial charge >= 0.3 is 0 Å². The molecule has 0 fully saturated rings. The van der Waals surface area contributed by atoms with E-state index in [4.69, 9.17) is 23.2 Å². The highest BCUT2D eigenvalue weighted by molar-refractivity contribution is 6.34. The van der Waals surface area contributed by atoms with E-state index >= 15 is 0 Å². The van der Waals surface area contributed by atoms with E-state index in [1.807, 2.05) is 0 Å². The number of amides is 1. The fourth-order valence-electron chi connectivity index (χ4n) is 2.54. The van der Waals surface area contributed by atoms with E-state index in [0.717, 1.165) is 12.1 Å². The Hall–Kier alpha value is -2.31. The minimum Gasteiger partial charge on any atom is -0.355 e. The molecule has 0 spiro atoms. The molecule has 5 nitrogen and oxygen atoms in total. The number of aliphatic imine (C=N–C) groups is 1. The zero-order valence-corrected chi connectivity index (χ0v) is 15.3. The topological polar surface area (TPSA) is 65.5 Å². The summed E-state index contributed by atoms with van der Waals surface area (Å²) in [7, 11) is 0. The van der Waals surface area contributed by atoms with Crippen molar-refractivity contribution in [2.75, 3.05) is 13.1 Å². The number of carbonyl (C=O) groups is 1. The van der Waals surface area contributed by atoms with Crippen LogP contribution in [0.2, 0.25) is 10.0 Å². The molecule has 136 valence electrons. The molecule has 0 saturated heterocycles. The van der Waals surface area contributed by atoms with E-state index in [1.54, 1.807) is 18.2 Å². The second-order valence-corrected chi connectivity index (χ2v) is 6.65. The molecule has 1 heterocycles. The maximum atomic E-state index is 14.0. The standard InChI is InChI=1S/C18H17Cl2FN4O/c19-14-5-11(6-15(20)8-14)9-24-17(26)12-1-2-16(21)13(7-12)10-25-18-22-3-4-23-18/h1-2,5-8H,3-4,9-10H2,(H,24,26)(H2,22,23,25). The Morgan fingerprint density at radius 1 is 1.15 bits per heavy atom. The number of halogens is 3. The maximum absolute atomic E-state index is 14.0. The first-order valence-electron chi connectivity index (χ1n) is 8.05. The summed E-state index contributed by atoms with van der Waals surface area (Å²) in [6.07, 6.45) is 0. The molecule has 8 heteroatoms. The number of rotatable bonds is 5. The Balaban J connectivity index is 1.64. The Morgan fingerprint density at radius 2 is 1.92 bits per heavy atom. The van der Waals surface area contributed by atoms with Gasteiger partial charge < -0.3 is 16.0 Å². The fourth-order valence-corrected chi connectivity index (χ4v) is 3.12. The molecule has 0 aliphatic carbocycles. The van der Waals surface area contributed by atoms with Crippen LogP contribution in [0.4, 0.5) is 4.39 Å². The van der Waals surface area contributed by atoms with E-state index in [2.05, 4.69) is 20.9 Å². The number of hydrogen-bond acceptors (Lipinski definition) is 4. The average molecular weight is 395 g/mol. The highest BCUT2D eigenvalue weighted by Crippen LogP contribution is 2.19. The third-order valence-corrected chi connectivity index (χ3v) is 4.24. The van der Waals surface area contributed by atoms with Crippen LogP contribution in [0.3, 0.4) is 0 Å². The summed E-state index contributed by atoms with van der Waals surface area (Å²) < 4.78 is 14.0. The zero-order valence-electron chi connectivity index (χ0n) is 13.8. The monoisotopic (exact) mass is 394 g/mol. The van der Waals surface area contributed by atoms with Crippen molar-refractivity contribution in [2.24, 2.45) is 4.99 Å². The molecule has 26 heavy (non-hydrogen) atoms. The summed E-state index contributed by atoms with van der Waals surface area (Å²) in [5.41, 5.74) is 1.54. The van der Waals surface area contributed by atoms with Gasteiger partial charge in [-0.1, -0.05) is 23.2 Å². The number of benzene rings is 2. The highest BCUT2D eigenvalue weighted by atomic mass is 35.5. The van der Waals surface area contributed by atoms with E-state index in [1.165, 1.54) is 18.2 Å². The molecule has 3 rings (SSSR count). The normalized spacial score (nSPS) is 13.1. The summed E-state index contributed by atoms with van der Waals surface area (Å²) in [6.45, 7) is 1.97. The first-order valence-corrected chi connectivity index (χ1v) is 8.80. The molecular weight excluding hydrogens is 378 g/mol. The van der Waals surface area contributed by atoms with Crippen LogP contribution in [0.1, 0.15) is 21.5 Å². The fraction of sp³-hybridized carbons (Fsp3) is 0.222. The van der Waals surface area contributed by atoms with Crippen LogP contribution in [-0.4, -0.2) is 25.0 Å². The lowest BCUT2D eigenvalue weighted by molar-refractivity contribution is 0.0950. The molecule has 0 aromatic heterocycles. The van der Waals surface area contributed by atoms with Crippen molar-refractivity contribution >= 4 is 35.1 Å². The van der Waals surface area contributed by atoms with Crippen LogP contribution >= 0.6 is 23.2 Å². The van der Waals surface area contributed by atoms with Crippen molar-refractivity contribution in [1.82, 2.24) is 16.0 Å². The van der Waals surface area contributed by atoms with E-state index < -0.39 is 0 Å². The Bertz CT molecular complexity index is 837. The van der Waals surface area contributed by atoms with Gasteiger partial charge in [0.2, 0.25) is 0 Å². The molecule has 1 aliphatic heterocycles. The largest absolute Gasteiger partial charge is 0.355 e. The highest BCUT2D eigenvalue weighted by Gasteiger charge is 2.11. The average Bonchev–Trinajstić information content (AvgIpc) is 3.11. The van der Waals surface area contributed by atoms with Gasteiger partial charge in [0.05, 0.1) is 6.54 Å². The van der Waals surface area contributed by atoms with Crippen LogP contribution < -0.4 is 16.0 Å². The Labute approximate surface area is 160 Å². The molecule has 0 saturated carbocycles. The third-order valence-electron chi connectivity index (χ3n) is 3.80. The van der Waals surface area contributed by atoms with E-state index in [9.17, 15) is 9.18 Å². The molecule has 1 amide bonds. The van der Waals surface area contributed by atoms with Crippen LogP contribution in [0.25, 0.3) is 0 Å². The number of nitrogens with zero attached hydrogens (tertiary/aromatic N) is 1. The molecule has 0 unspecified atom stereocenters. The van der Waals surface area contributed by atoms with Crippen molar-refractivity contribution in [1.29, 1.82) is 0 Å². The van der Waals surface area contributed by atoms with E-state index in [0.29, 0.717) is 33.7 Å². The second kappa shape index (κ2) is 8.38. The van der Waals surface area contributed by atoms with Gasteiger partial charge in [0, 0.05) is 40.8 Å². The lowest BCUT2D eigenvalue weighted by Crippen LogP contribution is -2.33. The predicted octanol–water partition coefficient (Wildman–Crippen LogP) is 3.11. The number of guanidine groups is 1. The van der Waals surface area contributed by atoms with Crippen LogP contribution in [0, 0.1) is 5.82 Å². The SMILES string of the molecule is O=C(NCc1cc(Cl)cc(Cl)c1)c1ccc(F)c(CNC2=NCCN2)c1. The van der Waals surface area contributed by atoms with Gasteiger partial charge in [-0.2, -0.15) is 0 Å². The van der Waals surface area contributed by atoms with Crippen molar-refractivity contribution in [3.05, 3.63) is 69.0 Å². The Morgan fingerprint density at radius 3 is 2.62 bits per heavy atom. The summed E-state index contributed by atoms with van der Waals surface area (Å²) in [5.74, 6) is -0.0509. The van der Waals surface area contributed by atoms with Gasteiger partial charge in [-0.15, -0.1) is 0 Å². The Kier molecular flexibility index (Phi) is 5.96. The molecular formula is C18H17Cl2FN4O. The van der Waals surface area contributed by atoms with E-state index in [-0.39, 0.29) is 24.8 Å². The summed E-state index contributed by atoms with van der Waals surface area (Å²) in [6, 6.07) is 9.33. The van der Waals surface area contributed by atoms with Crippen molar-refractivity contribution in [3.8, 4) is 0 Å². The van der Waals surface area contributed by atoms with Crippen molar-refractivity contribution in [2.45, 2.75) is 13.1 Å². The summed E-state index contributed by atoms with van der Waals surface area (Å²) in [4.78, 5) is 16.5. The predicted molar refractivity (Wildman–Crippen MR) is 101 cm³/mol. The number of nitrogens with one attached hydrogen (secondary N) is 3. The zero-order chi connectivity index (χ0) is 18.5. The van der Waals surface area contributed by atoms with Gasteiger partial charge in [-0.05, 0) is 42.0 Å². The quantitative estimate of drug-likeness (QED) is 0.729. The molecule has 0 bridgehead atoms. The smallest absolute Gasteiger partial charge is 0.251 e. The number of carbonyl (C=O) groups excluding carboxylic acids is 1. The van der Waals surface area contributed by atoms with Crippen molar-refractivity contribution < 1.29 is 9.18 Å². The number of hydrogen-bond donors (Lipinski definition) is 3. The van der Waals surface area contributed by atoms with Crippen LogP contribution in [0.15, 0.2) is 41.4 Å². The first-order chi connectivity index (χ1) is 12.5. The van der Waals surface area contributed by atoms with Gasteiger partial charge in [0.1, 0.15) is 5.82 Å². The minimum atomic E-state index is -0.380. The summed E-state index contributed by atoms with van der Waals surface area (Å²) >= 11 is 11.9. The molecule has 0 radical (unpaired) electrons. The summed E-state index contributed by atoms with van der Waals surface area (Å²) in [5, 5.41) is 9.84. The lowest BCUT2D eigenvalue weighted by atomic mass is 10.1.